The van der Waals surface area contributed by atoms with Gasteiger partial charge >= 0.3 is 5.97 Å². The molecule has 0 bridgehead atoms. The minimum Gasteiger partial charge on any atom is -0.477 e. The summed E-state index contributed by atoms with van der Waals surface area (Å²) < 4.78 is 27.2. The van der Waals surface area contributed by atoms with Crippen molar-refractivity contribution in [3.8, 4) is 0 Å². The topological polar surface area (TPSA) is 120 Å². The van der Waals surface area contributed by atoms with Crippen LogP contribution in [0, 0.1) is 0 Å². The van der Waals surface area contributed by atoms with Crippen molar-refractivity contribution in [3.05, 3.63) is 18.0 Å². The van der Waals surface area contributed by atoms with Crippen molar-refractivity contribution in [1.29, 1.82) is 0 Å². The van der Waals surface area contributed by atoms with Gasteiger partial charge in [-0.3, -0.25) is 0 Å². The predicted molar refractivity (Wildman–Crippen MR) is 72.5 cm³/mol. The molecule has 1 saturated heterocycles. The monoisotopic (exact) mass is 318 g/mol. The second kappa shape index (κ2) is 5.41. The van der Waals surface area contributed by atoms with Crippen molar-refractivity contribution in [1.82, 2.24) is 8.87 Å². The lowest BCUT2D eigenvalue weighted by atomic mass is 10.3. The summed E-state index contributed by atoms with van der Waals surface area (Å²) in [5, 5.41) is 28.1. The maximum absolute atomic E-state index is 12.4. The van der Waals surface area contributed by atoms with E-state index in [1.54, 1.807) is 13.8 Å². The van der Waals surface area contributed by atoms with Gasteiger partial charge < -0.3 is 19.9 Å². The number of rotatable bonds is 4. The maximum atomic E-state index is 12.4. The van der Waals surface area contributed by atoms with E-state index in [0.29, 0.717) is 0 Å². The molecule has 2 rings (SSSR count). The number of carbonyl (C=O) groups is 1. The number of aromatic nitrogens is 1. The number of hydrogen-bond donors (Lipinski definition) is 3. The molecule has 1 aliphatic heterocycles. The highest BCUT2D eigenvalue weighted by Gasteiger charge is 2.38. The van der Waals surface area contributed by atoms with Crippen molar-refractivity contribution < 1.29 is 28.5 Å². The Morgan fingerprint density at radius 1 is 1.29 bits per heavy atom. The third kappa shape index (κ3) is 2.82. The number of hydrogen-bond acceptors (Lipinski definition) is 5. The van der Waals surface area contributed by atoms with Crippen LogP contribution in [0.25, 0.3) is 0 Å². The molecule has 0 saturated carbocycles. The third-order valence-corrected chi connectivity index (χ3v) is 5.26. The number of β-amino-alcohol motifs (C(OH)–C–C–N with tert-alkyl or cyclic N) is 2. The predicted octanol–water partition coefficient (Wildman–Crippen LogP) is -0.507. The van der Waals surface area contributed by atoms with Gasteiger partial charge in [0.25, 0.3) is 0 Å². The summed E-state index contributed by atoms with van der Waals surface area (Å²) in [7, 11) is -3.94. The summed E-state index contributed by atoms with van der Waals surface area (Å²) in [5.41, 5.74) is -0.121. The summed E-state index contributed by atoms with van der Waals surface area (Å²) in [6.07, 6.45) is -1.00. The number of aromatic carboxylic acids is 1. The normalized spacial score (nSPS) is 23.9. The van der Waals surface area contributed by atoms with Crippen LogP contribution in [0.5, 0.6) is 0 Å². The molecule has 1 fully saturated rings. The Labute approximate surface area is 122 Å². The van der Waals surface area contributed by atoms with Gasteiger partial charge in [-0.15, -0.1) is 0 Å². The summed E-state index contributed by atoms with van der Waals surface area (Å²) in [6, 6.07) is 0.879. The number of aliphatic hydroxyl groups is 2. The highest BCUT2D eigenvalue weighted by Crippen LogP contribution is 2.25. The van der Waals surface area contributed by atoms with Crippen molar-refractivity contribution in [2.75, 3.05) is 13.1 Å². The van der Waals surface area contributed by atoms with Crippen LogP contribution in [0.3, 0.4) is 0 Å². The number of aliphatic hydroxyl groups excluding tert-OH is 2. The molecule has 0 unspecified atom stereocenters. The lowest BCUT2D eigenvalue weighted by Gasteiger charge is -2.14. The third-order valence-electron chi connectivity index (χ3n) is 3.46. The van der Waals surface area contributed by atoms with Crippen molar-refractivity contribution in [2.24, 2.45) is 0 Å². The molecule has 21 heavy (non-hydrogen) atoms. The molecule has 1 aromatic heterocycles. The molecule has 8 nitrogen and oxygen atoms in total. The van der Waals surface area contributed by atoms with E-state index in [9.17, 15) is 23.4 Å². The Morgan fingerprint density at radius 3 is 2.19 bits per heavy atom. The lowest BCUT2D eigenvalue weighted by Crippen LogP contribution is -2.29. The number of carboxylic acid groups (broad SMARTS) is 1. The summed E-state index contributed by atoms with van der Waals surface area (Å²) >= 11 is 0. The lowest BCUT2D eigenvalue weighted by molar-refractivity contribution is 0.0572. The molecule has 0 spiro atoms. The van der Waals surface area contributed by atoms with Crippen LogP contribution in [0.15, 0.2) is 17.2 Å². The summed E-state index contributed by atoms with van der Waals surface area (Å²) in [4.78, 5) is 11.0. The van der Waals surface area contributed by atoms with Crippen LogP contribution in [0.1, 0.15) is 30.4 Å². The molecular formula is C12H18N2O6S. The largest absolute Gasteiger partial charge is 0.477 e. The summed E-state index contributed by atoms with van der Waals surface area (Å²) in [6.45, 7) is 3.07. The second-order valence-electron chi connectivity index (χ2n) is 5.32. The van der Waals surface area contributed by atoms with Gasteiger partial charge in [0.05, 0.1) is 12.2 Å². The molecule has 9 heteroatoms. The fraction of sp³-hybridized carbons (Fsp3) is 0.583. The molecule has 0 aromatic carbocycles. The zero-order chi connectivity index (χ0) is 15.9. The van der Waals surface area contributed by atoms with E-state index in [1.807, 2.05) is 0 Å². The van der Waals surface area contributed by atoms with Crippen molar-refractivity contribution in [3.63, 3.8) is 0 Å². The van der Waals surface area contributed by atoms with Crippen LogP contribution >= 0.6 is 0 Å². The van der Waals surface area contributed by atoms with E-state index in [2.05, 4.69) is 0 Å². The SMILES string of the molecule is CC(C)n1cc(S(=O)(=O)N2C[C@@H](O)[C@@H](O)C2)cc1C(=O)O. The Kier molecular flexibility index (Phi) is 4.11. The summed E-state index contributed by atoms with van der Waals surface area (Å²) in [5.74, 6) is -1.22. The molecule has 1 aromatic rings. The Hall–Kier alpha value is -1.42. The molecule has 1 aliphatic rings. The van der Waals surface area contributed by atoms with Gasteiger partial charge in [0.15, 0.2) is 0 Å². The minimum atomic E-state index is -3.94. The first-order valence-electron chi connectivity index (χ1n) is 6.46. The van der Waals surface area contributed by atoms with Gasteiger partial charge in [-0.1, -0.05) is 0 Å². The van der Waals surface area contributed by atoms with E-state index in [1.165, 1.54) is 10.8 Å². The Morgan fingerprint density at radius 2 is 1.81 bits per heavy atom. The average molecular weight is 318 g/mol. The van der Waals surface area contributed by atoms with Crippen LogP contribution in [0.4, 0.5) is 0 Å². The fourth-order valence-electron chi connectivity index (χ4n) is 2.27. The first-order valence-corrected chi connectivity index (χ1v) is 7.90. The first kappa shape index (κ1) is 16.0. The zero-order valence-corrected chi connectivity index (χ0v) is 12.5. The van der Waals surface area contributed by atoms with Crippen LogP contribution in [-0.4, -0.2) is 63.9 Å². The second-order valence-corrected chi connectivity index (χ2v) is 7.26. The molecule has 118 valence electrons. The fourth-order valence-corrected chi connectivity index (χ4v) is 3.78. The quantitative estimate of drug-likeness (QED) is 0.688. The van der Waals surface area contributed by atoms with Gasteiger partial charge in [0.1, 0.15) is 10.6 Å². The average Bonchev–Trinajstić information content (AvgIpc) is 2.95. The highest BCUT2D eigenvalue weighted by atomic mass is 32.2. The molecular weight excluding hydrogens is 300 g/mol. The number of nitrogens with zero attached hydrogens (tertiary/aromatic N) is 2. The highest BCUT2D eigenvalue weighted by molar-refractivity contribution is 7.89. The van der Waals surface area contributed by atoms with E-state index < -0.39 is 28.2 Å². The van der Waals surface area contributed by atoms with Gasteiger partial charge in [0.2, 0.25) is 10.0 Å². The van der Waals surface area contributed by atoms with Crippen molar-refractivity contribution in [2.45, 2.75) is 37.0 Å². The molecule has 2 heterocycles. The number of sulfonamides is 1. The molecule has 0 amide bonds. The van der Waals surface area contributed by atoms with E-state index in [-0.39, 0.29) is 29.7 Å². The number of carboxylic acids is 1. The van der Waals surface area contributed by atoms with Crippen LogP contribution in [-0.2, 0) is 10.0 Å². The van der Waals surface area contributed by atoms with Crippen LogP contribution in [0.2, 0.25) is 0 Å². The smallest absolute Gasteiger partial charge is 0.352 e. The minimum absolute atomic E-state index is 0.121. The molecule has 0 aliphatic carbocycles. The molecule has 2 atom stereocenters. The van der Waals surface area contributed by atoms with E-state index in [0.717, 1.165) is 10.4 Å². The van der Waals surface area contributed by atoms with E-state index >= 15 is 0 Å². The van der Waals surface area contributed by atoms with Crippen LogP contribution < -0.4 is 0 Å². The Balaban J connectivity index is 2.42. The van der Waals surface area contributed by atoms with Gasteiger partial charge in [-0.2, -0.15) is 4.31 Å². The standard InChI is InChI=1S/C12H18N2O6S/c1-7(2)14-4-8(3-9(14)12(17)18)21(19,20)13-5-10(15)11(16)6-13/h3-4,7,10-11,15-16H,5-6H2,1-2H3,(H,17,18)/t10-,11+. The first-order chi connectivity index (χ1) is 9.64. The Bertz CT molecular complexity index is 641. The van der Waals surface area contributed by atoms with Gasteiger partial charge in [-0.05, 0) is 19.9 Å². The maximum Gasteiger partial charge on any atom is 0.352 e. The molecule has 3 N–H and O–H groups in total. The van der Waals surface area contributed by atoms with Gasteiger partial charge in [-0.25, -0.2) is 13.2 Å². The molecule has 0 radical (unpaired) electrons. The van der Waals surface area contributed by atoms with Gasteiger partial charge in [0, 0.05) is 25.3 Å². The zero-order valence-electron chi connectivity index (χ0n) is 11.7. The van der Waals surface area contributed by atoms with Crippen molar-refractivity contribution >= 4 is 16.0 Å². The van der Waals surface area contributed by atoms with E-state index in [4.69, 9.17) is 5.11 Å².